The highest BCUT2D eigenvalue weighted by Crippen LogP contribution is 2.47. The maximum absolute atomic E-state index is 13.0. The Hall–Kier alpha value is -3.03. The number of aryl methyl sites for hydroxylation is 2. The van der Waals surface area contributed by atoms with E-state index in [0.29, 0.717) is 36.0 Å². The number of nitrogens with zero attached hydrogens (tertiary/aromatic N) is 5. The third-order valence-electron chi connectivity index (χ3n) is 6.46. The zero-order valence-corrected chi connectivity index (χ0v) is 17.3. The van der Waals surface area contributed by atoms with Crippen molar-refractivity contribution >= 4 is 5.91 Å². The van der Waals surface area contributed by atoms with Gasteiger partial charge in [0.25, 0.3) is 11.8 Å². The molecule has 0 atom stereocenters. The van der Waals surface area contributed by atoms with Crippen molar-refractivity contribution in [2.24, 2.45) is 5.92 Å². The lowest BCUT2D eigenvalue weighted by Crippen LogP contribution is -2.46. The number of pyridine rings is 1. The van der Waals surface area contributed by atoms with Crippen LogP contribution in [0.15, 0.2) is 33.6 Å². The summed E-state index contributed by atoms with van der Waals surface area (Å²) < 4.78 is 10.8. The Morgan fingerprint density at radius 1 is 1.13 bits per heavy atom. The van der Waals surface area contributed by atoms with E-state index in [1.54, 1.807) is 19.3 Å². The number of hydrogen-bond acceptors (Lipinski definition) is 7. The molecular weight excluding hydrogens is 382 g/mol. The highest BCUT2D eigenvalue weighted by Gasteiger charge is 2.45. The van der Waals surface area contributed by atoms with Gasteiger partial charge in [-0.3, -0.25) is 9.78 Å². The molecule has 156 valence electrons. The predicted molar refractivity (Wildman–Crippen MR) is 108 cm³/mol. The Kier molecular flexibility index (Phi) is 4.64. The average molecular weight is 407 g/mol. The number of carbonyl (C=O) groups excluding carboxylic acids is 1. The van der Waals surface area contributed by atoms with Crippen LogP contribution in [-0.4, -0.2) is 44.2 Å². The van der Waals surface area contributed by atoms with E-state index in [1.165, 1.54) is 12.8 Å². The first-order valence-electron chi connectivity index (χ1n) is 10.5. The molecule has 1 saturated heterocycles. The van der Waals surface area contributed by atoms with E-state index < -0.39 is 0 Å². The second-order valence-electron chi connectivity index (χ2n) is 8.58. The highest BCUT2D eigenvalue weighted by molar-refractivity contribution is 5.96. The second-order valence-corrected chi connectivity index (χ2v) is 8.58. The van der Waals surface area contributed by atoms with Crippen LogP contribution in [0.25, 0.3) is 11.5 Å². The van der Waals surface area contributed by atoms with Crippen LogP contribution in [0.4, 0.5) is 0 Å². The van der Waals surface area contributed by atoms with Crippen molar-refractivity contribution in [2.75, 3.05) is 13.1 Å². The van der Waals surface area contributed by atoms with Crippen LogP contribution in [-0.2, 0) is 5.41 Å². The molecular formula is C22H25N5O3. The van der Waals surface area contributed by atoms with Crippen LogP contribution >= 0.6 is 0 Å². The Bertz CT molecular complexity index is 1030. The molecule has 3 aromatic heterocycles. The molecule has 8 heteroatoms. The van der Waals surface area contributed by atoms with Crippen molar-refractivity contribution in [3.05, 3.63) is 47.4 Å². The fraction of sp³-hybridized carbons (Fsp3) is 0.500. The molecule has 1 aliphatic heterocycles. The van der Waals surface area contributed by atoms with Gasteiger partial charge in [-0.05, 0) is 51.2 Å². The molecule has 3 aromatic rings. The monoisotopic (exact) mass is 407 g/mol. The molecule has 1 amide bonds. The van der Waals surface area contributed by atoms with Gasteiger partial charge in [0.1, 0.15) is 11.3 Å². The number of carbonyl (C=O) groups is 1. The van der Waals surface area contributed by atoms with Gasteiger partial charge in [-0.25, -0.2) is 0 Å². The SMILES string of the molecule is Cc1noc(C)c1C(=O)N1CCC(CC2CC2)(c2noc(-c3ccncc3)n2)CC1. The van der Waals surface area contributed by atoms with Crippen LogP contribution in [0.5, 0.6) is 0 Å². The van der Waals surface area contributed by atoms with E-state index in [-0.39, 0.29) is 11.3 Å². The summed E-state index contributed by atoms with van der Waals surface area (Å²) >= 11 is 0. The Labute approximate surface area is 174 Å². The normalized spacial score (nSPS) is 18.5. The maximum atomic E-state index is 13.0. The van der Waals surface area contributed by atoms with Gasteiger partial charge < -0.3 is 13.9 Å². The average Bonchev–Trinajstić information content (AvgIpc) is 3.31. The van der Waals surface area contributed by atoms with Gasteiger partial charge in [-0.1, -0.05) is 23.2 Å². The van der Waals surface area contributed by atoms with Crippen LogP contribution in [0, 0.1) is 19.8 Å². The number of aromatic nitrogens is 4. The molecule has 2 aliphatic rings. The first-order chi connectivity index (χ1) is 14.6. The summed E-state index contributed by atoms with van der Waals surface area (Å²) in [6.45, 7) is 4.92. The standard InChI is InChI=1S/C22H25N5O3/c1-14-18(15(2)29-25-14)20(28)27-11-7-22(8-12-27,13-16-3-4-16)21-24-19(30-26-21)17-5-9-23-10-6-17/h5-6,9-10,16H,3-4,7-8,11-13H2,1-2H3. The summed E-state index contributed by atoms with van der Waals surface area (Å²) in [5.41, 5.74) is 1.96. The minimum absolute atomic E-state index is 0.00291. The summed E-state index contributed by atoms with van der Waals surface area (Å²) in [4.78, 5) is 23.8. The van der Waals surface area contributed by atoms with Crippen molar-refractivity contribution < 1.29 is 13.8 Å². The first kappa shape index (κ1) is 19.0. The smallest absolute Gasteiger partial charge is 0.259 e. The van der Waals surface area contributed by atoms with Crippen molar-refractivity contribution in [3.63, 3.8) is 0 Å². The minimum Gasteiger partial charge on any atom is -0.361 e. The first-order valence-corrected chi connectivity index (χ1v) is 10.5. The lowest BCUT2D eigenvalue weighted by molar-refractivity contribution is 0.0643. The molecule has 0 aromatic carbocycles. The molecule has 0 unspecified atom stereocenters. The minimum atomic E-state index is -0.147. The maximum Gasteiger partial charge on any atom is 0.259 e. The summed E-state index contributed by atoms with van der Waals surface area (Å²) in [7, 11) is 0. The van der Waals surface area contributed by atoms with E-state index in [4.69, 9.17) is 14.0 Å². The van der Waals surface area contributed by atoms with Crippen LogP contribution in [0.1, 0.15) is 59.7 Å². The number of hydrogen-bond donors (Lipinski definition) is 0. The predicted octanol–water partition coefficient (Wildman–Crippen LogP) is 3.71. The highest BCUT2D eigenvalue weighted by atomic mass is 16.5. The van der Waals surface area contributed by atoms with Gasteiger partial charge in [0.2, 0.25) is 0 Å². The third kappa shape index (κ3) is 3.40. The Morgan fingerprint density at radius 2 is 1.87 bits per heavy atom. The quantitative estimate of drug-likeness (QED) is 0.636. The largest absolute Gasteiger partial charge is 0.361 e. The van der Waals surface area contributed by atoms with Crippen molar-refractivity contribution in [1.82, 2.24) is 25.2 Å². The molecule has 2 fully saturated rings. The van der Waals surface area contributed by atoms with E-state index in [9.17, 15) is 4.79 Å². The zero-order chi connectivity index (χ0) is 20.7. The van der Waals surface area contributed by atoms with Crippen LogP contribution < -0.4 is 0 Å². The molecule has 0 bridgehead atoms. The zero-order valence-electron chi connectivity index (χ0n) is 17.3. The van der Waals surface area contributed by atoms with E-state index in [1.807, 2.05) is 24.0 Å². The fourth-order valence-electron chi connectivity index (χ4n) is 4.53. The van der Waals surface area contributed by atoms with E-state index >= 15 is 0 Å². The Balaban J connectivity index is 1.37. The molecule has 0 radical (unpaired) electrons. The van der Waals surface area contributed by atoms with Crippen molar-refractivity contribution in [1.29, 1.82) is 0 Å². The third-order valence-corrected chi connectivity index (χ3v) is 6.46. The van der Waals surface area contributed by atoms with Gasteiger partial charge in [0.05, 0.1) is 5.69 Å². The Morgan fingerprint density at radius 3 is 2.50 bits per heavy atom. The van der Waals surface area contributed by atoms with Gasteiger partial charge in [-0.2, -0.15) is 4.98 Å². The fourth-order valence-corrected chi connectivity index (χ4v) is 4.53. The summed E-state index contributed by atoms with van der Waals surface area (Å²) in [5.74, 6) is 2.59. The summed E-state index contributed by atoms with van der Waals surface area (Å²) in [5, 5.41) is 8.31. The number of piperidine rings is 1. The van der Waals surface area contributed by atoms with Gasteiger partial charge >= 0.3 is 0 Å². The molecule has 0 N–H and O–H groups in total. The van der Waals surface area contributed by atoms with Gasteiger partial charge in [0.15, 0.2) is 5.82 Å². The van der Waals surface area contributed by atoms with E-state index in [0.717, 1.165) is 36.6 Å². The second kappa shape index (κ2) is 7.34. The number of rotatable bonds is 5. The molecule has 8 nitrogen and oxygen atoms in total. The van der Waals surface area contributed by atoms with E-state index in [2.05, 4.69) is 15.3 Å². The van der Waals surface area contributed by atoms with Crippen molar-refractivity contribution in [2.45, 2.75) is 51.4 Å². The number of likely N-dealkylation sites (tertiary alicyclic amines) is 1. The van der Waals surface area contributed by atoms with Crippen LogP contribution in [0.2, 0.25) is 0 Å². The topological polar surface area (TPSA) is 98.2 Å². The molecule has 4 heterocycles. The van der Waals surface area contributed by atoms with Crippen LogP contribution in [0.3, 0.4) is 0 Å². The van der Waals surface area contributed by atoms with Crippen molar-refractivity contribution in [3.8, 4) is 11.5 Å². The molecule has 30 heavy (non-hydrogen) atoms. The summed E-state index contributed by atoms with van der Waals surface area (Å²) in [6, 6.07) is 3.74. The molecule has 1 saturated carbocycles. The molecule has 0 spiro atoms. The lowest BCUT2D eigenvalue weighted by Gasteiger charge is -2.40. The summed E-state index contributed by atoms with van der Waals surface area (Å²) in [6.07, 6.45) is 8.67. The van der Waals surface area contributed by atoms with Gasteiger partial charge in [0, 0.05) is 36.5 Å². The molecule has 1 aliphatic carbocycles. The van der Waals surface area contributed by atoms with Gasteiger partial charge in [-0.15, -0.1) is 0 Å². The lowest BCUT2D eigenvalue weighted by atomic mass is 9.73. The number of amides is 1. The molecule has 5 rings (SSSR count).